The molecular formula is C48H74N10O14. The number of carboxylic acids is 2. The van der Waals surface area contributed by atoms with Gasteiger partial charge < -0.3 is 68.1 Å². The van der Waals surface area contributed by atoms with E-state index >= 15 is 0 Å². The van der Waals surface area contributed by atoms with Crippen molar-refractivity contribution < 1.29 is 68.1 Å². The third-order valence-electron chi connectivity index (χ3n) is 12.3. The Morgan fingerprint density at radius 3 is 1.76 bits per heavy atom. The van der Waals surface area contributed by atoms with Gasteiger partial charge >= 0.3 is 11.9 Å². The molecule has 24 heteroatoms. The van der Waals surface area contributed by atoms with Crippen LogP contribution in [-0.4, -0.2) is 171 Å². The lowest BCUT2D eigenvalue weighted by molar-refractivity contribution is -0.148. The fraction of sp³-hybridized carbons (Fsp3) is 0.646. The molecule has 2 fully saturated rings. The number of nitrogens with one attached hydrogen (secondary N) is 7. The van der Waals surface area contributed by atoms with E-state index in [4.69, 9.17) is 5.73 Å². The predicted molar refractivity (Wildman–Crippen MR) is 259 cm³/mol. The number of benzene rings is 1. The van der Waals surface area contributed by atoms with E-state index in [-0.39, 0.29) is 44.7 Å². The highest BCUT2D eigenvalue weighted by atomic mass is 16.4. The second-order valence-corrected chi connectivity index (χ2v) is 19.4. The van der Waals surface area contributed by atoms with E-state index < -0.39 is 157 Å². The summed E-state index contributed by atoms with van der Waals surface area (Å²) in [6.07, 6.45) is 0.545. The minimum absolute atomic E-state index is 0.0208. The first-order valence-corrected chi connectivity index (χ1v) is 24.4. The normalized spacial score (nSPS) is 18.4. The van der Waals surface area contributed by atoms with Gasteiger partial charge in [0.1, 0.15) is 48.3 Å². The van der Waals surface area contributed by atoms with Gasteiger partial charge in [-0.3, -0.25) is 47.9 Å². The standard InChI is InChI=1S/C48H74N10O14/c1-25(2)21-31(52-40(63)28(7)49)42(65)53-32(22-29-13-9-8-10-14-29)46(69)58-20-12-16-35(58)47(70)57-19-11-15-34(57)44(67)51-30(17-18-37(61)62)41(64)50-23-36(60)55-38(26(3)4)45(68)54-33(24-59)43(66)56-39(27(5)6)48(71)72/h8-10,13-14,25-28,30-35,38-39,59H,11-12,15-24,49H2,1-7H3,(H,50,64)(H,51,67)(H,52,63)(H,53,65)(H,54,68)(H,55,60)(H,56,66)(H,61,62)(H,71,72)/t28-,30-,31-,32-,33-,34-,35-,38-,39-/m0/s1. The summed E-state index contributed by atoms with van der Waals surface area (Å²) in [5.41, 5.74) is 6.49. The van der Waals surface area contributed by atoms with Crippen molar-refractivity contribution in [1.29, 1.82) is 0 Å². The Morgan fingerprint density at radius 2 is 1.21 bits per heavy atom. The van der Waals surface area contributed by atoms with Crippen LogP contribution < -0.4 is 43.0 Å². The van der Waals surface area contributed by atoms with Gasteiger partial charge in [0, 0.05) is 25.9 Å². The first kappa shape index (κ1) is 59.6. The molecule has 3 rings (SSSR count). The summed E-state index contributed by atoms with van der Waals surface area (Å²) >= 11 is 0. The fourth-order valence-electron chi connectivity index (χ4n) is 8.39. The summed E-state index contributed by atoms with van der Waals surface area (Å²) in [7, 11) is 0. The lowest BCUT2D eigenvalue weighted by atomic mass is 10.00. The topological polar surface area (TPSA) is 365 Å². The minimum atomic E-state index is -1.58. The van der Waals surface area contributed by atoms with Crippen molar-refractivity contribution >= 4 is 65.1 Å². The zero-order valence-electron chi connectivity index (χ0n) is 42.1. The number of carbonyl (C=O) groups excluding carboxylic acids is 9. The molecule has 72 heavy (non-hydrogen) atoms. The maximum Gasteiger partial charge on any atom is 0.326 e. The lowest BCUT2D eigenvalue weighted by Gasteiger charge is -2.33. The Kier molecular flexibility index (Phi) is 23.5. The van der Waals surface area contributed by atoms with Gasteiger partial charge in [-0.25, -0.2) is 4.79 Å². The number of carbonyl (C=O) groups is 11. The van der Waals surface area contributed by atoms with Crippen LogP contribution in [0.15, 0.2) is 30.3 Å². The Labute approximate surface area is 419 Å². The van der Waals surface area contributed by atoms with Gasteiger partial charge in [-0.2, -0.15) is 0 Å². The van der Waals surface area contributed by atoms with Crippen LogP contribution in [0.3, 0.4) is 0 Å². The molecule has 2 saturated heterocycles. The van der Waals surface area contributed by atoms with Gasteiger partial charge in [-0.1, -0.05) is 71.9 Å². The summed E-state index contributed by atoms with van der Waals surface area (Å²) in [5.74, 6) is -10.5. The molecule has 0 radical (unpaired) electrons. The maximum absolute atomic E-state index is 14.5. The molecule has 9 amide bonds. The highest BCUT2D eigenvalue weighted by molar-refractivity contribution is 5.98. The van der Waals surface area contributed by atoms with E-state index in [1.165, 1.54) is 16.7 Å². The van der Waals surface area contributed by atoms with E-state index in [0.29, 0.717) is 12.8 Å². The Hall–Kier alpha value is -6.69. The van der Waals surface area contributed by atoms with Crippen molar-refractivity contribution in [3.8, 4) is 0 Å². The molecule has 2 heterocycles. The zero-order chi connectivity index (χ0) is 54.0. The number of hydrogen-bond donors (Lipinski definition) is 11. The molecule has 12 N–H and O–H groups in total. The van der Waals surface area contributed by atoms with Crippen molar-refractivity contribution in [3.05, 3.63) is 35.9 Å². The number of aliphatic hydroxyl groups excluding tert-OH is 1. The lowest BCUT2D eigenvalue weighted by Crippen LogP contribution is -2.60. The average molecular weight is 1020 g/mol. The molecule has 0 aromatic heterocycles. The molecule has 1 aromatic rings. The number of carboxylic acid groups (broad SMARTS) is 2. The van der Waals surface area contributed by atoms with Gasteiger partial charge in [0.05, 0.1) is 19.2 Å². The first-order chi connectivity index (χ1) is 33.9. The molecule has 2 aliphatic rings. The third kappa shape index (κ3) is 17.9. The molecule has 0 saturated carbocycles. The average Bonchev–Trinajstić information content (AvgIpc) is 4.02. The van der Waals surface area contributed by atoms with Gasteiger partial charge in [0.25, 0.3) is 0 Å². The Bertz CT molecular complexity index is 2100. The van der Waals surface area contributed by atoms with Crippen LogP contribution >= 0.6 is 0 Å². The van der Waals surface area contributed by atoms with Crippen LogP contribution in [0, 0.1) is 17.8 Å². The molecule has 9 atom stereocenters. The van der Waals surface area contributed by atoms with Gasteiger partial charge in [0.15, 0.2) is 0 Å². The number of aliphatic carboxylic acids is 2. The number of aliphatic hydroxyl groups is 1. The van der Waals surface area contributed by atoms with Crippen LogP contribution in [-0.2, 0) is 59.2 Å². The number of nitrogens with zero attached hydrogens (tertiary/aromatic N) is 2. The number of nitrogens with two attached hydrogens (primary N) is 1. The highest BCUT2D eigenvalue weighted by Crippen LogP contribution is 2.26. The molecular weight excluding hydrogens is 941 g/mol. The summed E-state index contributed by atoms with van der Waals surface area (Å²) < 4.78 is 0. The molecule has 0 spiro atoms. The second-order valence-electron chi connectivity index (χ2n) is 19.4. The van der Waals surface area contributed by atoms with Crippen molar-refractivity contribution in [2.45, 2.75) is 154 Å². The van der Waals surface area contributed by atoms with Gasteiger partial charge in [-0.15, -0.1) is 0 Å². The number of amides is 9. The molecule has 0 aliphatic carbocycles. The number of hydrogen-bond acceptors (Lipinski definition) is 13. The SMILES string of the molecule is CC(C)C[C@H](NC(=O)[C@H](C)N)C(=O)N[C@@H](Cc1ccccc1)C(=O)N1CCC[C@H]1C(=O)N1CCC[C@H]1C(=O)N[C@@H](CCC(=O)O)C(=O)NCC(=O)N[C@H](C(=O)N[C@@H](CO)C(=O)N[C@H](C(=O)O)C(C)C)C(C)C. The minimum Gasteiger partial charge on any atom is -0.481 e. The highest BCUT2D eigenvalue weighted by Gasteiger charge is 2.44. The number of rotatable bonds is 27. The number of likely N-dealkylation sites (tertiary alicyclic amines) is 2. The summed E-state index contributed by atoms with van der Waals surface area (Å²) in [6, 6.07) is -1.99. The van der Waals surface area contributed by atoms with Crippen molar-refractivity contribution in [1.82, 2.24) is 47.0 Å². The molecule has 0 unspecified atom stereocenters. The van der Waals surface area contributed by atoms with Gasteiger partial charge in [0.2, 0.25) is 53.2 Å². The monoisotopic (exact) mass is 1010 g/mol. The van der Waals surface area contributed by atoms with E-state index in [0.717, 1.165) is 5.56 Å². The quantitative estimate of drug-likeness (QED) is 0.0449. The summed E-state index contributed by atoms with van der Waals surface area (Å²) in [5, 5.41) is 46.1. The van der Waals surface area contributed by atoms with Crippen LogP contribution in [0.1, 0.15) is 99.0 Å². The van der Waals surface area contributed by atoms with Crippen molar-refractivity contribution in [2.75, 3.05) is 26.2 Å². The molecule has 0 bridgehead atoms. The molecule has 400 valence electrons. The fourth-order valence-corrected chi connectivity index (χ4v) is 8.39. The smallest absolute Gasteiger partial charge is 0.326 e. The van der Waals surface area contributed by atoms with E-state index in [1.54, 1.807) is 58.0 Å². The van der Waals surface area contributed by atoms with E-state index in [1.807, 2.05) is 13.8 Å². The maximum atomic E-state index is 14.5. The van der Waals surface area contributed by atoms with E-state index in [2.05, 4.69) is 37.2 Å². The molecule has 24 nitrogen and oxygen atoms in total. The first-order valence-electron chi connectivity index (χ1n) is 24.4. The summed E-state index contributed by atoms with van der Waals surface area (Å²) in [6.45, 7) is 10.1. The molecule has 2 aliphatic heterocycles. The largest absolute Gasteiger partial charge is 0.481 e. The zero-order valence-corrected chi connectivity index (χ0v) is 42.1. The predicted octanol–water partition coefficient (Wildman–Crippen LogP) is -2.12. The van der Waals surface area contributed by atoms with Crippen molar-refractivity contribution in [2.24, 2.45) is 23.5 Å². The summed E-state index contributed by atoms with van der Waals surface area (Å²) in [4.78, 5) is 148. The van der Waals surface area contributed by atoms with E-state index in [9.17, 15) is 68.1 Å². The second kappa shape index (κ2) is 28.4. The van der Waals surface area contributed by atoms with Crippen LogP contribution in [0.5, 0.6) is 0 Å². The Balaban J connectivity index is 1.74. The van der Waals surface area contributed by atoms with Gasteiger partial charge in [-0.05, 0) is 68.8 Å². The van der Waals surface area contributed by atoms with Crippen LogP contribution in [0.2, 0.25) is 0 Å². The van der Waals surface area contributed by atoms with Crippen molar-refractivity contribution in [3.63, 3.8) is 0 Å². The van der Waals surface area contributed by atoms with Crippen LogP contribution in [0.25, 0.3) is 0 Å². The Morgan fingerprint density at radius 1 is 0.639 bits per heavy atom. The van der Waals surface area contributed by atoms with Crippen LogP contribution in [0.4, 0.5) is 0 Å². The third-order valence-corrected chi connectivity index (χ3v) is 12.3. The molecule has 1 aromatic carbocycles.